The van der Waals surface area contributed by atoms with E-state index in [1.54, 1.807) is 10.7 Å². The number of carbonyl (C=O) groups excluding carboxylic acids is 1. The number of fused-ring (bicyclic) bond motifs is 1. The van der Waals surface area contributed by atoms with Crippen molar-refractivity contribution in [3.8, 4) is 5.75 Å². The lowest BCUT2D eigenvalue weighted by atomic mass is 10.0. The van der Waals surface area contributed by atoms with Gasteiger partial charge in [-0.3, -0.25) is 9.69 Å². The number of aromatic nitrogens is 2. The van der Waals surface area contributed by atoms with Gasteiger partial charge >= 0.3 is 0 Å². The van der Waals surface area contributed by atoms with Crippen LogP contribution < -0.4 is 4.74 Å². The van der Waals surface area contributed by atoms with Crippen LogP contribution >= 0.6 is 0 Å². The fraction of sp³-hybridized carbons (Fsp3) is 0.500. The Labute approximate surface area is 124 Å². The summed E-state index contributed by atoms with van der Waals surface area (Å²) in [6, 6.07) is 3.81. The van der Waals surface area contributed by atoms with Crippen LogP contribution in [0, 0.1) is 5.92 Å². The lowest BCUT2D eigenvalue weighted by Crippen LogP contribution is -2.39. The van der Waals surface area contributed by atoms with E-state index in [0.717, 1.165) is 17.8 Å². The van der Waals surface area contributed by atoms with E-state index in [0.29, 0.717) is 12.2 Å². The van der Waals surface area contributed by atoms with Crippen LogP contribution in [0.5, 0.6) is 5.75 Å². The minimum Gasteiger partial charge on any atom is -0.491 e. The minimum absolute atomic E-state index is 0.0227. The molecular formula is C16H21N3O2. The number of ketones is 1. The molecule has 1 aliphatic rings. The van der Waals surface area contributed by atoms with Gasteiger partial charge in [-0.1, -0.05) is 13.8 Å². The predicted molar refractivity (Wildman–Crippen MR) is 80.9 cm³/mol. The Kier molecular flexibility index (Phi) is 3.92. The standard InChI is InChI=1S/C16H21N3O2/c1-12(2)16(20)14-10-17-19-11-13(4-5-15(14)19)21-9-8-18-6-3-7-18/h4-5,10-12H,3,6-9H2,1-2H3. The van der Waals surface area contributed by atoms with Crippen molar-refractivity contribution < 1.29 is 9.53 Å². The molecule has 0 spiro atoms. The van der Waals surface area contributed by atoms with Crippen molar-refractivity contribution in [3.63, 3.8) is 0 Å². The highest BCUT2D eigenvalue weighted by Gasteiger charge is 2.16. The summed E-state index contributed by atoms with van der Waals surface area (Å²) in [6.45, 7) is 7.82. The normalized spacial score (nSPS) is 15.4. The molecule has 112 valence electrons. The lowest BCUT2D eigenvalue weighted by Gasteiger charge is -2.30. The Bertz CT molecular complexity index is 644. The van der Waals surface area contributed by atoms with Crippen LogP contribution in [0.4, 0.5) is 0 Å². The second-order valence-electron chi connectivity index (χ2n) is 5.82. The summed E-state index contributed by atoms with van der Waals surface area (Å²) in [5, 5.41) is 4.26. The second kappa shape index (κ2) is 5.85. The van der Waals surface area contributed by atoms with Gasteiger partial charge in [0.05, 0.1) is 23.5 Å². The van der Waals surface area contributed by atoms with Crippen molar-refractivity contribution in [3.05, 3.63) is 30.1 Å². The van der Waals surface area contributed by atoms with E-state index < -0.39 is 0 Å². The van der Waals surface area contributed by atoms with Gasteiger partial charge in [-0.2, -0.15) is 5.10 Å². The van der Waals surface area contributed by atoms with Gasteiger partial charge in [0, 0.05) is 12.5 Å². The van der Waals surface area contributed by atoms with Gasteiger partial charge in [-0.05, 0) is 31.6 Å². The SMILES string of the molecule is CC(C)C(=O)c1cnn2cc(OCCN3CCC3)ccc12. The monoisotopic (exact) mass is 287 g/mol. The Morgan fingerprint density at radius 2 is 2.19 bits per heavy atom. The highest BCUT2D eigenvalue weighted by molar-refractivity contribution is 6.03. The quantitative estimate of drug-likeness (QED) is 0.765. The molecule has 0 N–H and O–H groups in total. The van der Waals surface area contributed by atoms with E-state index in [4.69, 9.17) is 4.74 Å². The number of hydrogen-bond donors (Lipinski definition) is 0. The summed E-state index contributed by atoms with van der Waals surface area (Å²) in [7, 11) is 0. The Balaban J connectivity index is 1.70. The maximum atomic E-state index is 12.1. The second-order valence-corrected chi connectivity index (χ2v) is 5.82. The van der Waals surface area contributed by atoms with E-state index >= 15 is 0 Å². The first-order valence-corrected chi connectivity index (χ1v) is 7.52. The number of rotatable bonds is 6. The van der Waals surface area contributed by atoms with Crippen LogP contribution in [0.25, 0.3) is 5.52 Å². The van der Waals surface area contributed by atoms with Gasteiger partial charge in [-0.25, -0.2) is 4.52 Å². The third-order valence-electron chi connectivity index (χ3n) is 3.90. The van der Waals surface area contributed by atoms with Crippen LogP contribution in [0.2, 0.25) is 0 Å². The summed E-state index contributed by atoms with van der Waals surface area (Å²) in [5.74, 6) is 0.886. The van der Waals surface area contributed by atoms with Crippen molar-refractivity contribution in [1.29, 1.82) is 0 Å². The molecule has 0 unspecified atom stereocenters. The van der Waals surface area contributed by atoms with Crippen LogP contribution in [-0.2, 0) is 0 Å². The zero-order chi connectivity index (χ0) is 14.8. The highest BCUT2D eigenvalue weighted by Crippen LogP contribution is 2.19. The van der Waals surface area contributed by atoms with Crippen molar-refractivity contribution in [2.24, 2.45) is 5.92 Å². The molecule has 0 aromatic carbocycles. The topological polar surface area (TPSA) is 46.8 Å². The first kappa shape index (κ1) is 14.1. The van der Waals surface area contributed by atoms with E-state index in [1.165, 1.54) is 19.5 Å². The van der Waals surface area contributed by atoms with Gasteiger partial charge in [0.2, 0.25) is 0 Å². The number of Topliss-reactive ketones (excluding diaryl/α,β-unsaturated/α-hetero) is 1. The fourth-order valence-corrected chi connectivity index (χ4v) is 2.45. The lowest BCUT2D eigenvalue weighted by molar-refractivity contribution is 0.0941. The van der Waals surface area contributed by atoms with Crippen LogP contribution in [0.3, 0.4) is 0 Å². The Hall–Kier alpha value is -1.88. The zero-order valence-electron chi connectivity index (χ0n) is 12.6. The summed E-state index contributed by atoms with van der Waals surface area (Å²) in [5.41, 5.74) is 1.51. The third kappa shape index (κ3) is 2.93. The number of pyridine rings is 1. The molecule has 21 heavy (non-hydrogen) atoms. The Morgan fingerprint density at radius 3 is 2.86 bits per heavy atom. The van der Waals surface area contributed by atoms with Gasteiger partial charge in [-0.15, -0.1) is 0 Å². The maximum Gasteiger partial charge on any atom is 0.169 e. The summed E-state index contributed by atoms with van der Waals surface area (Å²) in [6.07, 6.45) is 4.77. The first-order valence-electron chi connectivity index (χ1n) is 7.52. The largest absolute Gasteiger partial charge is 0.491 e. The van der Waals surface area contributed by atoms with Crippen molar-refractivity contribution >= 4 is 11.3 Å². The first-order chi connectivity index (χ1) is 10.1. The fourth-order valence-electron chi connectivity index (χ4n) is 2.45. The average Bonchev–Trinajstić information content (AvgIpc) is 2.83. The third-order valence-corrected chi connectivity index (χ3v) is 3.90. The van der Waals surface area contributed by atoms with Crippen molar-refractivity contribution in [1.82, 2.24) is 14.5 Å². The summed E-state index contributed by atoms with van der Waals surface area (Å²) >= 11 is 0. The molecule has 0 amide bonds. The number of carbonyl (C=O) groups is 1. The molecule has 0 aliphatic carbocycles. The number of likely N-dealkylation sites (tertiary alicyclic amines) is 1. The summed E-state index contributed by atoms with van der Waals surface area (Å²) in [4.78, 5) is 14.5. The van der Waals surface area contributed by atoms with Crippen molar-refractivity contribution in [2.45, 2.75) is 20.3 Å². The van der Waals surface area contributed by atoms with E-state index in [9.17, 15) is 4.79 Å². The van der Waals surface area contributed by atoms with Gasteiger partial charge < -0.3 is 4.74 Å². The predicted octanol–water partition coefficient (Wildman–Crippen LogP) is 2.26. The number of nitrogens with zero attached hydrogens (tertiary/aromatic N) is 3. The van der Waals surface area contributed by atoms with Crippen LogP contribution in [0.15, 0.2) is 24.5 Å². The molecule has 2 aromatic heterocycles. The smallest absolute Gasteiger partial charge is 0.169 e. The maximum absolute atomic E-state index is 12.1. The molecule has 0 radical (unpaired) electrons. The molecule has 5 heteroatoms. The molecule has 1 aliphatic heterocycles. The van der Waals surface area contributed by atoms with E-state index in [2.05, 4.69) is 10.00 Å². The number of ether oxygens (including phenoxy) is 1. The van der Waals surface area contributed by atoms with Gasteiger partial charge in [0.1, 0.15) is 12.4 Å². The molecule has 3 rings (SSSR count). The molecule has 5 nitrogen and oxygen atoms in total. The van der Waals surface area contributed by atoms with Gasteiger partial charge in [0.25, 0.3) is 0 Å². The molecule has 1 fully saturated rings. The van der Waals surface area contributed by atoms with Crippen molar-refractivity contribution in [2.75, 3.05) is 26.2 Å². The van der Waals surface area contributed by atoms with Crippen LogP contribution in [-0.4, -0.2) is 46.5 Å². The average molecular weight is 287 g/mol. The molecule has 0 saturated carbocycles. The minimum atomic E-state index is -0.0227. The Morgan fingerprint density at radius 1 is 1.38 bits per heavy atom. The van der Waals surface area contributed by atoms with E-state index in [1.807, 2.05) is 32.2 Å². The zero-order valence-corrected chi connectivity index (χ0v) is 12.6. The number of hydrogen-bond acceptors (Lipinski definition) is 4. The van der Waals surface area contributed by atoms with Crippen LogP contribution in [0.1, 0.15) is 30.6 Å². The van der Waals surface area contributed by atoms with E-state index in [-0.39, 0.29) is 11.7 Å². The molecular weight excluding hydrogens is 266 g/mol. The molecule has 2 aromatic rings. The summed E-state index contributed by atoms with van der Waals surface area (Å²) < 4.78 is 7.47. The molecule has 0 atom stereocenters. The molecule has 3 heterocycles. The van der Waals surface area contributed by atoms with Gasteiger partial charge in [0.15, 0.2) is 5.78 Å². The highest BCUT2D eigenvalue weighted by atomic mass is 16.5. The molecule has 0 bridgehead atoms. The molecule has 1 saturated heterocycles.